The van der Waals surface area contributed by atoms with Crippen molar-refractivity contribution in [3.8, 4) is 11.1 Å². The number of rotatable bonds is 7. The molecule has 2 N–H and O–H groups in total. The number of hydrogen-bond acceptors (Lipinski definition) is 4. The predicted octanol–water partition coefficient (Wildman–Crippen LogP) is 4.60. The van der Waals surface area contributed by atoms with Gasteiger partial charge in [0, 0.05) is 30.3 Å². The molecular weight excluding hydrogens is 406 g/mol. The Balaban J connectivity index is 1.84. The average Bonchev–Trinajstić information content (AvgIpc) is 3.17. The van der Waals surface area contributed by atoms with Gasteiger partial charge in [0.1, 0.15) is 10.7 Å². The first-order chi connectivity index (χ1) is 14.9. The van der Waals surface area contributed by atoms with E-state index in [0.717, 1.165) is 21.5 Å². The Morgan fingerprint density at radius 3 is 2.58 bits per heavy atom. The van der Waals surface area contributed by atoms with Crippen molar-refractivity contribution >= 4 is 27.5 Å². The van der Waals surface area contributed by atoms with E-state index in [1.54, 1.807) is 4.57 Å². The monoisotopic (exact) mass is 431 g/mol. The maximum atomic E-state index is 13.6. The summed E-state index contributed by atoms with van der Waals surface area (Å²) in [5.41, 5.74) is 10.7. The van der Waals surface area contributed by atoms with Crippen molar-refractivity contribution in [3.63, 3.8) is 0 Å². The topological polar surface area (TPSA) is 78.0 Å². The van der Waals surface area contributed by atoms with Gasteiger partial charge in [-0.2, -0.15) is 0 Å². The van der Waals surface area contributed by atoms with E-state index in [1.807, 2.05) is 35.7 Å². The summed E-state index contributed by atoms with van der Waals surface area (Å²) in [6, 6.07) is 16.2. The average molecular weight is 432 g/mol. The zero-order valence-corrected chi connectivity index (χ0v) is 18.5. The summed E-state index contributed by atoms with van der Waals surface area (Å²) in [5, 5.41) is 2.66. The van der Waals surface area contributed by atoms with Crippen LogP contribution >= 0.6 is 11.3 Å². The number of carbonyl (C=O) groups excluding carboxylic acids is 1. The second-order valence-electron chi connectivity index (χ2n) is 7.85. The van der Waals surface area contributed by atoms with Crippen LogP contribution in [-0.4, -0.2) is 15.5 Å². The van der Waals surface area contributed by atoms with Crippen molar-refractivity contribution in [1.82, 2.24) is 9.55 Å². The number of thiophene rings is 1. The van der Waals surface area contributed by atoms with Gasteiger partial charge in [0.05, 0.1) is 5.39 Å². The molecule has 0 saturated carbocycles. The number of amides is 1. The van der Waals surface area contributed by atoms with Crippen molar-refractivity contribution in [2.75, 3.05) is 0 Å². The van der Waals surface area contributed by atoms with Crippen LogP contribution in [0.3, 0.4) is 0 Å². The Kier molecular flexibility index (Phi) is 6.00. The molecule has 6 heteroatoms. The number of benzene rings is 2. The lowest BCUT2D eigenvalue weighted by molar-refractivity contribution is -0.118. The molecule has 31 heavy (non-hydrogen) atoms. The smallest absolute Gasteiger partial charge is 0.262 e. The Morgan fingerprint density at radius 2 is 1.87 bits per heavy atom. The molecule has 0 saturated heterocycles. The van der Waals surface area contributed by atoms with Crippen LogP contribution in [0.4, 0.5) is 0 Å². The third kappa shape index (κ3) is 4.44. The van der Waals surface area contributed by atoms with Crippen LogP contribution in [0, 0.1) is 13.8 Å². The van der Waals surface area contributed by atoms with Crippen LogP contribution in [-0.2, 0) is 17.8 Å². The molecular formula is C25H25N3O2S. The minimum Gasteiger partial charge on any atom is -0.370 e. The molecule has 2 heterocycles. The van der Waals surface area contributed by atoms with Crippen LogP contribution < -0.4 is 11.3 Å². The molecule has 0 aliphatic heterocycles. The number of nitrogens with zero attached hydrogens (tertiary/aromatic N) is 2. The van der Waals surface area contributed by atoms with E-state index in [0.29, 0.717) is 30.6 Å². The van der Waals surface area contributed by atoms with E-state index in [9.17, 15) is 9.59 Å². The van der Waals surface area contributed by atoms with E-state index < -0.39 is 0 Å². The fraction of sp³-hybridized carbons (Fsp3) is 0.240. The van der Waals surface area contributed by atoms with Gasteiger partial charge in [-0.1, -0.05) is 48.5 Å². The molecule has 0 aliphatic rings. The normalized spacial score (nSPS) is 11.2. The molecule has 2 aromatic carbocycles. The minimum absolute atomic E-state index is 0.0603. The van der Waals surface area contributed by atoms with Crippen LogP contribution in [0.1, 0.15) is 35.4 Å². The molecule has 0 spiro atoms. The van der Waals surface area contributed by atoms with Gasteiger partial charge in [0.2, 0.25) is 5.91 Å². The van der Waals surface area contributed by atoms with Crippen LogP contribution in [0.2, 0.25) is 0 Å². The number of carbonyl (C=O) groups is 1. The Bertz CT molecular complexity index is 1310. The molecule has 0 unspecified atom stereocenters. The number of primary amides is 1. The minimum atomic E-state index is -0.363. The number of aryl methyl sites for hydroxylation is 2. The Morgan fingerprint density at radius 1 is 1.10 bits per heavy atom. The van der Waals surface area contributed by atoms with E-state index in [4.69, 9.17) is 10.7 Å². The van der Waals surface area contributed by atoms with Crippen LogP contribution in [0.25, 0.3) is 21.3 Å². The molecule has 0 aliphatic carbocycles. The maximum Gasteiger partial charge on any atom is 0.262 e. The van der Waals surface area contributed by atoms with Crippen LogP contribution in [0.15, 0.2) is 58.7 Å². The lowest BCUT2D eigenvalue weighted by Crippen LogP contribution is -2.26. The van der Waals surface area contributed by atoms with Crippen molar-refractivity contribution in [1.29, 1.82) is 0 Å². The van der Waals surface area contributed by atoms with Crippen molar-refractivity contribution in [3.05, 3.63) is 86.8 Å². The summed E-state index contributed by atoms with van der Waals surface area (Å²) in [6.07, 6.45) is 1.30. The van der Waals surface area contributed by atoms with Gasteiger partial charge in [-0.25, -0.2) is 4.98 Å². The van der Waals surface area contributed by atoms with Crippen LogP contribution in [0.5, 0.6) is 0 Å². The molecule has 4 aromatic rings. The highest BCUT2D eigenvalue weighted by atomic mass is 32.1. The van der Waals surface area contributed by atoms with Gasteiger partial charge in [-0.3, -0.25) is 14.2 Å². The Hall–Kier alpha value is -3.25. The SMILES string of the molecule is Cc1ccc(-c2csc3nc(Cc4ccccc4)n(CCCC(N)=O)c(=O)c23)cc1C. The summed E-state index contributed by atoms with van der Waals surface area (Å²) in [7, 11) is 0. The van der Waals surface area contributed by atoms with E-state index in [-0.39, 0.29) is 17.9 Å². The quantitative estimate of drug-likeness (QED) is 0.465. The molecule has 0 bridgehead atoms. The lowest BCUT2D eigenvalue weighted by atomic mass is 10.0. The standard InChI is InChI=1S/C25H25N3O2S/c1-16-10-11-19(13-17(16)2)20-15-31-24-23(20)25(30)28(12-6-9-21(26)29)22(27-24)14-18-7-4-3-5-8-18/h3-5,7-8,10-11,13,15H,6,9,12,14H2,1-2H3,(H2,26,29). The zero-order valence-electron chi connectivity index (χ0n) is 17.7. The molecule has 0 atom stereocenters. The first kappa shape index (κ1) is 21.0. The molecule has 4 rings (SSSR count). The van der Waals surface area contributed by atoms with Gasteiger partial charge in [-0.15, -0.1) is 11.3 Å². The first-order valence-corrected chi connectivity index (χ1v) is 11.2. The van der Waals surface area contributed by atoms with E-state index in [1.165, 1.54) is 22.5 Å². The van der Waals surface area contributed by atoms with E-state index >= 15 is 0 Å². The summed E-state index contributed by atoms with van der Waals surface area (Å²) >= 11 is 1.50. The molecule has 5 nitrogen and oxygen atoms in total. The largest absolute Gasteiger partial charge is 0.370 e. The first-order valence-electron chi connectivity index (χ1n) is 10.3. The fourth-order valence-corrected chi connectivity index (χ4v) is 4.70. The molecule has 2 aromatic heterocycles. The van der Waals surface area contributed by atoms with Crippen molar-refractivity contribution in [2.45, 2.75) is 39.7 Å². The molecule has 158 valence electrons. The van der Waals surface area contributed by atoms with Crippen molar-refractivity contribution < 1.29 is 4.79 Å². The number of aromatic nitrogens is 2. The fourth-order valence-electron chi connectivity index (χ4n) is 3.74. The van der Waals surface area contributed by atoms with Gasteiger partial charge >= 0.3 is 0 Å². The molecule has 0 fully saturated rings. The van der Waals surface area contributed by atoms with Gasteiger partial charge in [0.15, 0.2) is 0 Å². The number of fused-ring (bicyclic) bond motifs is 1. The number of nitrogens with two attached hydrogens (primary N) is 1. The highest BCUT2D eigenvalue weighted by Gasteiger charge is 2.18. The third-order valence-corrected chi connectivity index (χ3v) is 6.47. The highest BCUT2D eigenvalue weighted by Crippen LogP contribution is 2.32. The molecule has 1 amide bonds. The van der Waals surface area contributed by atoms with Crippen molar-refractivity contribution in [2.24, 2.45) is 5.73 Å². The maximum absolute atomic E-state index is 13.6. The predicted molar refractivity (Wildman–Crippen MR) is 126 cm³/mol. The van der Waals surface area contributed by atoms with E-state index in [2.05, 4.69) is 32.0 Å². The van der Waals surface area contributed by atoms with Gasteiger partial charge < -0.3 is 5.73 Å². The second-order valence-corrected chi connectivity index (χ2v) is 8.70. The second kappa shape index (κ2) is 8.86. The number of hydrogen-bond donors (Lipinski definition) is 1. The highest BCUT2D eigenvalue weighted by molar-refractivity contribution is 7.17. The Labute approximate surface area is 185 Å². The van der Waals surface area contributed by atoms with Gasteiger partial charge in [0.25, 0.3) is 5.56 Å². The summed E-state index contributed by atoms with van der Waals surface area (Å²) in [6.45, 7) is 4.56. The molecule has 0 radical (unpaired) electrons. The summed E-state index contributed by atoms with van der Waals surface area (Å²) < 4.78 is 1.72. The third-order valence-electron chi connectivity index (χ3n) is 5.60. The zero-order chi connectivity index (χ0) is 22.0. The lowest BCUT2D eigenvalue weighted by Gasteiger charge is -2.13. The summed E-state index contributed by atoms with van der Waals surface area (Å²) in [5.74, 6) is 0.347. The van der Waals surface area contributed by atoms with Gasteiger partial charge in [-0.05, 0) is 42.5 Å². The summed E-state index contributed by atoms with van der Waals surface area (Å²) in [4.78, 5) is 30.5.